The second kappa shape index (κ2) is 12.7. The van der Waals surface area contributed by atoms with Crippen molar-refractivity contribution < 1.29 is 45.3 Å². The summed E-state index contributed by atoms with van der Waals surface area (Å²) in [5.41, 5.74) is -5.20. The molecule has 2 atom stereocenters. The predicted octanol–water partition coefficient (Wildman–Crippen LogP) is 4.34. The zero-order chi connectivity index (χ0) is 32.4. The molecular formula is C27H24F7N5O5. The SMILES string of the molecule is CC(C)(O)c1cnc(-c2cc3ccn(CC(F)C[C@H](COC(F)F)Oc4cn[nH]c(=O)c4C(F)(F)F)c(=O)c3cc2F)nc1. The molecule has 44 heavy (non-hydrogen) atoms. The molecule has 236 valence electrons. The molecule has 0 spiro atoms. The first-order valence-corrected chi connectivity index (χ1v) is 12.8. The van der Waals surface area contributed by atoms with Crippen LogP contribution >= 0.6 is 0 Å². The molecule has 0 aliphatic rings. The highest BCUT2D eigenvalue weighted by molar-refractivity contribution is 5.86. The van der Waals surface area contributed by atoms with Crippen molar-refractivity contribution in [2.75, 3.05) is 6.61 Å². The number of aromatic nitrogens is 5. The van der Waals surface area contributed by atoms with Crippen LogP contribution in [0.3, 0.4) is 0 Å². The number of aromatic amines is 1. The van der Waals surface area contributed by atoms with E-state index in [0.29, 0.717) is 11.8 Å². The van der Waals surface area contributed by atoms with Crippen molar-refractivity contribution in [1.82, 2.24) is 24.7 Å². The molecule has 0 aliphatic heterocycles. The summed E-state index contributed by atoms with van der Waals surface area (Å²) in [6.07, 6.45) is -5.56. The van der Waals surface area contributed by atoms with E-state index in [1.54, 1.807) is 5.10 Å². The van der Waals surface area contributed by atoms with E-state index < -0.39 is 78.5 Å². The highest BCUT2D eigenvalue weighted by Crippen LogP contribution is 2.33. The van der Waals surface area contributed by atoms with Crippen LogP contribution in [-0.2, 0) is 23.1 Å². The molecule has 0 radical (unpaired) electrons. The van der Waals surface area contributed by atoms with E-state index in [1.165, 1.54) is 44.6 Å². The van der Waals surface area contributed by atoms with Crippen molar-refractivity contribution in [1.29, 1.82) is 0 Å². The van der Waals surface area contributed by atoms with E-state index in [0.717, 1.165) is 10.6 Å². The molecule has 4 aromatic rings. The Morgan fingerprint density at radius 1 is 1.07 bits per heavy atom. The number of H-pyrrole nitrogens is 1. The maximum absolute atomic E-state index is 15.1. The van der Waals surface area contributed by atoms with E-state index in [-0.39, 0.29) is 22.2 Å². The summed E-state index contributed by atoms with van der Waals surface area (Å²) in [5, 5.41) is 14.9. The lowest BCUT2D eigenvalue weighted by Crippen LogP contribution is -2.33. The van der Waals surface area contributed by atoms with Gasteiger partial charge < -0.3 is 19.1 Å². The first-order chi connectivity index (χ1) is 20.5. The maximum atomic E-state index is 15.1. The number of halogens is 7. The second-order valence-electron chi connectivity index (χ2n) is 10.1. The third kappa shape index (κ3) is 7.57. The predicted molar refractivity (Wildman–Crippen MR) is 140 cm³/mol. The molecule has 0 fully saturated rings. The molecule has 0 bridgehead atoms. The number of pyridine rings is 1. The van der Waals surface area contributed by atoms with Crippen molar-refractivity contribution in [3.8, 4) is 17.1 Å². The lowest BCUT2D eigenvalue weighted by molar-refractivity contribution is -0.151. The standard InChI is InChI=1S/C27H24F7N5O5/c1-26(2,42)14-8-35-22(36-9-14)18-5-13-3-4-39(24(41)17(13)7-19(18)29)11-15(28)6-16(12-43-25(30)31)44-20-10-37-38-23(40)21(20)27(32,33)34/h3-5,7-10,15-16,25,42H,6,11-12H2,1-2H3,(H,38,40)/t15?,16-/m1/s1. The number of nitrogens with zero attached hydrogens (tertiary/aromatic N) is 4. The quantitative estimate of drug-likeness (QED) is 0.234. The molecule has 1 unspecified atom stereocenters. The van der Waals surface area contributed by atoms with Crippen molar-refractivity contribution in [3.63, 3.8) is 0 Å². The Morgan fingerprint density at radius 3 is 2.36 bits per heavy atom. The van der Waals surface area contributed by atoms with Gasteiger partial charge in [-0.05, 0) is 37.4 Å². The summed E-state index contributed by atoms with van der Waals surface area (Å²) in [5.74, 6) is -2.03. The zero-order valence-electron chi connectivity index (χ0n) is 22.9. The molecule has 0 amide bonds. The molecule has 3 heterocycles. The number of rotatable bonds is 11. The van der Waals surface area contributed by atoms with E-state index in [1.807, 2.05) is 0 Å². The molecule has 0 saturated heterocycles. The van der Waals surface area contributed by atoms with Crippen LogP contribution in [0.25, 0.3) is 22.2 Å². The summed E-state index contributed by atoms with van der Waals surface area (Å²) in [6.45, 7) is -2.11. The average Bonchev–Trinajstić information content (AvgIpc) is 2.92. The van der Waals surface area contributed by atoms with Crippen LogP contribution in [-0.4, -0.2) is 55.3 Å². The first kappa shape index (κ1) is 32.5. The largest absolute Gasteiger partial charge is 0.485 e. The number of fused-ring (bicyclic) bond motifs is 1. The molecule has 0 saturated carbocycles. The van der Waals surface area contributed by atoms with Gasteiger partial charge in [-0.3, -0.25) is 9.59 Å². The Kier molecular flexibility index (Phi) is 9.39. The molecule has 17 heteroatoms. The molecule has 4 rings (SSSR count). The van der Waals surface area contributed by atoms with E-state index in [9.17, 15) is 36.6 Å². The minimum Gasteiger partial charge on any atom is -0.485 e. The summed E-state index contributed by atoms with van der Waals surface area (Å²) >= 11 is 0. The van der Waals surface area contributed by atoms with Crippen LogP contribution in [0, 0.1) is 5.82 Å². The van der Waals surface area contributed by atoms with Gasteiger partial charge in [0.05, 0.1) is 35.9 Å². The van der Waals surface area contributed by atoms with Crippen LogP contribution in [0.5, 0.6) is 5.75 Å². The van der Waals surface area contributed by atoms with Crippen LogP contribution in [0.1, 0.15) is 31.4 Å². The Morgan fingerprint density at radius 2 is 1.75 bits per heavy atom. The monoisotopic (exact) mass is 631 g/mol. The van der Waals surface area contributed by atoms with Crippen LogP contribution < -0.4 is 15.9 Å². The summed E-state index contributed by atoms with van der Waals surface area (Å²) < 4.78 is 106. The highest BCUT2D eigenvalue weighted by atomic mass is 19.4. The van der Waals surface area contributed by atoms with Gasteiger partial charge in [0.25, 0.3) is 11.1 Å². The molecule has 3 aromatic heterocycles. The van der Waals surface area contributed by atoms with Gasteiger partial charge >= 0.3 is 12.8 Å². The maximum Gasteiger partial charge on any atom is 0.425 e. The molecule has 2 N–H and O–H groups in total. The zero-order valence-corrected chi connectivity index (χ0v) is 22.9. The van der Waals surface area contributed by atoms with Crippen molar-refractivity contribution >= 4 is 10.8 Å². The molecule has 10 nitrogen and oxygen atoms in total. The fourth-order valence-electron chi connectivity index (χ4n) is 4.23. The lowest BCUT2D eigenvalue weighted by atomic mass is 10.0. The van der Waals surface area contributed by atoms with Gasteiger partial charge in [-0.1, -0.05) is 0 Å². The molecular weight excluding hydrogens is 607 g/mol. The van der Waals surface area contributed by atoms with Gasteiger partial charge in [0.2, 0.25) is 0 Å². The van der Waals surface area contributed by atoms with Gasteiger partial charge in [-0.25, -0.2) is 23.8 Å². The van der Waals surface area contributed by atoms with Crippen molar-refractivity contribution in [3.05, 3.63) is 80.6 Å². The fourth-order valence-corrected chi connectivity index (χ4v) is 4.23. The third-order valence-corrected chi connectivity index (χ3v) is 6.38. The van der Waals surface area contributed by atoms with Gasteiger partial charge in [0, 0.05) is 30.6 Å². The molecule has 1 aromatic carbocycles. The average molecular weight is 632 g/mol. The second-order valence-corrected chi connectivity index (χ2v) is 10.1. The highest BCUT2D eigenvalue weighted by Gasteiger charge is 2.39. The number of hydrogen-bond acceptors (Lipinski definition) is 8. The number of hydrogen-bond donors (Lipinski definition) is 2. The van der Waals surface area contributed by atoms with Crippen molar-refractivity contribution in [2.45, 2.75) is 57.5 Å². The minimum absolute atomic E-state index is 0.0215. The van der Waals surface area contributed by atoms with Crippen LogP contribution in [0.15, 0.2) is 52.6 Å². The van der Waals surface area contributed by atoms with Crippen LogP contribution in [0.2, 0.25) is 0 Å². The van der Waals surface area contributed by atoms with Gasteiger partial charge in [-0.15, -0.1) is 0 Å². The Hall–Kier alpha value is -4.38. The topological polar surface area (TPSA) is 132 Å². The summed E-state index contributed by atoms with van der Waals surface area (Å²) in [4.78, 5) is 32.9. The Labute approximate surface area is 243 Å². The van der Waals surface area contributed by atoms with E-state index in [2.05, 4.69) is 19.8 Å². The third-order valence-electron chi connectivity index (χ3n) is 6.38. The van der Waals surface area contributed by atoms with E-state index in [4.69, 9.17) is 4.74 Å². The first-order valence-electron chi connectivity index (χ1n) is 12.8. The summed E-state index contributed by atoms with van der Waals surface area (Å²) in [7, 11) is 0. The van der Waals surface area contributed by atoms with Gasteiger partial charge in [-0.2, -0.15) is 27.1 Å². The number of ether oxygens (including phenoxy) is 2. The van der Waals surface area contributed by atoms with Crippen molar-refractivity contribution in [2.24, 2.45) is 0 Å². The molecule has 0 aliphatic carbocycles. The lowest BCUT2D eigenvalue weighted by Gasteiger charge is -2.22. The minimum atomic E-state index is -5.21. The Balaban J connectivity index is 1.57. The van der Waals surface area contributed by atoms with Crippen LogP contribution in [0.4, 0.5) is 30.7 Å². The number of nitrogens with one attached hydrogen (secondary N) is 1. The Bertz CT molecular complexity index is 1740. The number of aliphatic hydroxyl groups is 1. The normalized spacial score (nSPS) is 13.8. The number of benzene rings is 1. The van der Waals surface area contributed by atoms with E-state index >= 15 is 8.78 Å². The van der Waals surface area contributed by atoms with Gasteiger partial charge in [0.1, 0.15) is 18.1 Å². The number of alkyl halides is 6. The summed E-state index contributed by atoms with van der Waals surface area (Å²) in [6, 6.07) is 3.59. The smallest absolute Gasteiger partial charge is 0.425 e. The fraction of sp³-hybridized carbons (Fsp3) is 0.370. The van der Waals surface area contributed by atoms with Gasteiger partial charge in [0.15, 0.2) is 17.1 Å².